The second-order valence-corrected chi connectivity index (χ2v) is 19.3. The van der Waals surface area contributed by atoms with E-state index in [-0.39, 0.29) is 60.2 Å². The SMILES string of the molecule is Cc1cc(C(C(=O)N2C[C@H](C)C[C@H]2C(=N)N)C(C)C)on1.Cc1cc(C(C(=O)N2C[C@H](O)C[C@H]2C(N)=NS(=O)(=O)CCl)C(C)C)on1.O=S(=O)(Cl)CCl. The number of amides is 2. The molecule has 2 aliphatic rings. The van der Waals surface area contributed by atoms with Gasteiger partial charge in [0.2, 0.25) is 20.9 Å². The van der Waals surface area contributed by atoms with Crippen LogP contribution in [0.15, 0.2) is 25.6 Å². The van der Waals surface area contributed by atoms with E-state index in [0.717, 1.165) is 12.1 Å². The topological polar surface area (TPSA) is 269 Å². The van der Waals surface area contributed by atoms with E-state index in [9.17, 15) is 31.5 Å². The normalized spacial score (nSPS) is 21.9. The molecule has 0 radical (unpaired) electrons. The number of hydrogen-bond donors (Lipinski definition) is 4. The number of amidine groups is 2. The second kappa shape index (κ2) is 19.6. The summed E-state index contributed by atoms with van der Waals surface area (Å²) < 4.78 is 56.5. The zero-order valence-corrected chi connectivity index (χ0v) is 34.5. The fourth-order valence-electron chi connectivity index (χ4n) is 6.06. The summed E-state index contributed by atoms with van der Waals surface area (Å²) in [5.74, 6) is -0.250. The molecule has 2 fully saturated rings. The minimum absolute atomic E-state index is 0.0225. The van der Waals surface area contributed by atoms with Crippen LogP contribution in [0.1, 0.15) is 82.2 Å². The predicted molar refractivity (Wildman–Crippen MR) is 202 cm³/mol. The van der Waals surface area contributed by atoms with Crippen molar-refractivity contribution in [2.45, 2.75) is 91.3 Å². The minimum Gasteiger partial charge on any atom is -0.391 e. The number of nitrogens with two attached hydrogens (primary N) is 2. The molecule has 2 aromatic rings. The first-order chi connectivity index (χ1) is 24.4. The van der Waals surface area contributed by atoms with E-state index < -0.39 is 47.6 Å². The average Bonchev–Trinajstić information content (AvgIpc) is 3.84. The minimum atomic E-state index is -3.93. The molecule has 0 aromatic carbocycles. The Morgan fingerprint density at radius 2 is 1.34 bits per heavy atom. The van der Waals surface area contributed by atoms with Crippen LogP contribution in [-0.4, -0.2) is 107 Å². The van der Waals surface area contributed by atoms with Crippen LogP contribution in [-0.2, 0) is 28.7 Å². The summed E-state index contributed by atoms with van der Waals surface area (Å²) >= 11 is 10.1. The highest BCUT2D eigenvalue weighted by atomic mass is 35.7. The Morgan fingerprint density at radius 3 is 1.68 bits per heavy atom. The lowest BCUT2D eigenvalue weighted by Crippen LogP contribution is -2.46. The third-order valence-corrected chi connectivity index (χ3v) is 11.7. The van der Waals surface area contributed by atoms with Gasteiger partial charge in [-0.3, -0.25) is 15.0 Å². The first-order valence-corrected chi connectivity index (χ1v) is 21.7. The number of alkyl halides is 2. The smallest absolute Gasteiger partial charge is 0.268 e. The van der Waals surface area contributed by atoms with Gasteiger partial charge in [0.1, 0.15) is 45.5 Å². The lowest BCUT2D eigenvalue weighted by molar-refractivity contribution is -0.135. The van der Waals surface area contributed by atoms with Crippen molar-refractivity contribution in [3.05, 3.63) is 35.0 Å². The zero-order valence-electron chi connectivity index (χ0n) is 30.6. The number of nitrogens with zero attached hydrogens (tertiary/aromatic N) is 5. The van der Waals surface area contributed by atoms with Gasteiger partial charge in [-0.05, 0) is 38.0 Å². The van der Waals surface area contributed by atoms with Crippen LogP contribution in [0, 0.1) is 37.0 Å². The van der Waals surface area contributed by atoms with Crippen LogP contribution >= 0.6 is 33.9 Å². The largest absolute Gasteiger partial charge is 0.391 e. The highest BCUT2D eigenvalue weighted by molar-refractivity contribution is 8.14. The van der Waals surface area contributed by atoms with Gasteiger partial charge in [-0.1, -0.05) is 44.9 Å². The van der Waals surface area contributed by atoms with E-state index in [1.165, 1.54) is 4.90 Å². The van der Waals surface area contributed by atoms with Crippen molar-refractivity contribution in [1.29, 1.82) is 5.41 Å². The lowest BCUT2D eigenvalue weighted by Gasteiger charge is -2.28. The molecule has 2 aliphatic heterocycles. The molecule has 22 heteroatoms. The first kappa shape index (κ1) is 46.2. The van der Waals surface area contributed by atoms with Gasteiger partial charge in [0.05, 0.1) is 29.6 Å². The Kier molecular flexibility index (Phi) is 17.1. The Labute approximate surface area is 324 Å². The van der Waals surface area contributed by atoms with Gasteiger partial charge in [-0.25, -0.2) is 16.8 Å². The van der Waals surface area contributed by atoms with Gasteiger partial charge < -0.3 is 35.4 Å². The summed E-state index contributed by atoms with van der Waals surface area (Å²) in [4.78, 5) is 29.2. The molecule has 4 rings (SSSR count). The summed E-state index contributed by atoms with van der Waals surface area (Å²) in [5.41, 5.74) is 12.9. The number of halogens is 3. The molecule has 53 heavy (non-hydrogen) atoms. The maximum absolute atomic E-state index is 13.1. The number of β-amino-alcohol motifs (C(OH)–C–C–N with tert-alkyl or cyclic N) is 1. The summed E-state index contributed by atoms with van der Waals surface area (Å²) in [6, 6.07) is 2.36. The number of aromatic nitrogens is 2. The van der Waals surface area contributed by atoms with Crippen molar-refractivity contribution in [3.8, 4) is 0 Å². The summed E-state index contributed by atoms with van der Waals surface area (Å²) in [5, 5.41) is 24.2. The highest BCUT2D eigenvalue weighted by Crippen LogP contribution is 2.33. The fourth-order valence-corrected chi connectivity index (χ4v) is 6.69. The number of nitrogens with one attached hydrogen (secondary N) is 1. The highest BCUT2D eigenvalue weighted by Gasteiger charge is 2.43. The standard InChI is InChI=1S/C15H23ClN4O5S.C15H24N4O2.CH2Cl2O2S/c1-8(2)13(12-4-9(3)18-25-12)15(22)20-6-10(21)5-11(20)14(17)19-26(23,24)7-16;1-8(2)13(12-6-10(4)18-21-12)15(20)19-7-9(3)5-11(19)14(16)17;2-1-6(3,4)5/h4,8,10-11,13,21H,5-7H2,1-3H3,(H2,17,19);6,8-9,11,13H,5,7H2,1-4H3,(H3,16,17);1H2/t10-,11+,13?;9-,11+,13?;/m11./s1. The van der Waals surface area contributed by atoms with Crippen LogP contribution in [0.5, 0.6) is 0 Å². The maximum atomic E-state index is 13.1. The molecule has 6 N–H and O–H groups in total. The third-order valence-electron chi connectivity index (χ3n) is 8.34. The van der Waals surface area contributed by atoms with E-state index in [4.69, 9.17) is 49.1 Å². The number of sulfonamides is 1. The molecule has 0 bridgehead atoms. The van der Waals surface area contributed by atoms with Crippen molar-refractivity contribution in [1.82, 2.24) is 20.1 Å². The van der Waals surface area contributed by atoms with Gasteiger partial charge in [-0.2, -0.15) is 0 Å². The molecular weight excluding hydrogens is 799 g/mol. The number of aliphatic hydroxyl groups is 1. The zero-order chi connectivity index (χ0) is 40.6. The van der Waals surface area contributed by atoms with Crippen LogP contribution in [0.4, 0.5) is 0 Å². The number of carbonyl (C=O) groups is 2. The number of carbonyl (C=O) groups excluding carboxylic acids is 2. The van der Waals surface area contributed by atoms with Crippen molar-refractivity contribution < 1.29 is 40.6 Å². The monoisotopic (exact) mass is 846 g/mol. The molecule has 0 spiro atoms. The van der Waals surface area contributed by atoms with Crippen molar-refractivity contribution in [2.75, 3.05) is 23.5 Å². The lowest BCUT2D eigenvalue weighted by atomic mass is 9.91. The molecule has 0 saturated carbocycles. The molecule has 2 aromatic heterocycles. The maximum Gasteiger partial charge on any atom is 0.268 e. The van der Waals surface area contributed by atoms with E-state index in [1.54, 1.807) is 17.9 Å². The Hall–Kier alpha value is -2.97. The Balaban J connectivity index is 0.000000323. The van der Waals surface area contributed by atoms with Crippen molar-refractivity contribution in [2.24, 2.45) is 33.6 Å². The number of aliphatic hydroxyl groups excluding tert-OH is 1. The van der Waals surface area contributed by atoms with E-state index in [1.807, 2.05) is 40.7 Å². The molecule has 2 unspecified atom stereocenters. The quantitative estimate of drug-likeness (QED) is 0.110. The van der Waals surface area contributed by atoms with Crippen LogP contribution in [0.2, 0.25) is 0 Å². The Bertz CT molecular complexity index is 1820. The number of aryl methyl sites for hydroxylation is 2. The van der Waals surface area contributed by atoms with Crippen molar-refractivity contribution >= 4 is 76.4 Å². The molecule has 4 heterocycles. The number of likely N-dealkylation sites (tertiary alicyclic amines) is 2. The predicted octanol–water partition coefficient (Wildman–Crippen LogP) is 3.21. The van der Waals surface area contributed by atoms with Gasteiger partial charge in [0.15, 0.2) is 0 Å². The third kappa shape index (κ3) is 13.4. The number of rotatable bonds is 11. The van der Waals surface area contributed by atoms with Gasteiger partial charge in [0.25, 0.3) is 10.0 Å². The molecule has 2 amide bonds. The summed E-state index contributed by atoms with van der Waals surface area (Å²) in [6.45, 7) is 14.0. The second-order valence-electron chi connectivity index (χ2n) is 13.7. The van der Waals surface area contributed by atoms with E-state index in [0.29, 0.717) is 29.7 Å². The molecular formula is C31H49Cl3N8O9S2. The van der Waals surface area contributed by atoms with Gasteiger partial charge in [-0.15, -0.1) is 27.6 Å². The first-order valence-electron chi connectivity index (χ1n) is 16.5. The van der Waals surface area contributed by atoms with Crippen molar-refractivity contribution in [3.63, 3.8) is 0 Å². The molecule has 300 valence electrons. The summed E-state index contributed by atoms with van der Waals surface area (Å²) in [6.07, 6.45) is 0.0150. The molecule has 6 atom stereocenters. The Morgan fingerprint density at radius 1 is 0.906 bits per heavy atom. The average molecular weight is 848 g/mol. The fraction of sp³-hybridized carbons (Fsp3) is 0.677. The number of hydrogen-bond acceptors (Lipinski definition) is 12. The van der Waals surface area contributed by atoms with Gasteiger partial charge in [0, 0.05) is 42.3 Å². The van der Waals surface area contributed by atoms with Crippen LogP contribution in [0.3, 0.4) is 0 Å². The van der Waals surface area contributed by atoms with Crippen LogP contribution < -0.4 is 11.5 Å². The summed E-state index contributed by atoms with van der Waals surface area (Å²) in [7, 11) is -2.79. The van der Waals surface area contributed by atoms with Gasteiger partial charge >= 0.3 is 0 Å². The molecule has 17 nitrogen and oxygen atoms in total. The van der Waals surface area contributed by atoms with Crippen LogP contribution in [0.25, 0.3) is 0 Å². The van der Waals surface area contributed by atoms with E-state index in [2.05, 4.69) is 32.3 Å². The molecule has 2 saturated heterocycles. The molecule has 0 aliphatic carbocycles. The van der Waals surface area contributed by atoms with E-state index >= 15 is 0 Å².